The Hall–Kier alpha value is -1.81. The van der Waals surface area contributed by atoms with Gasteiger partial charge in [0.2, 0.25) is 0 Å². The molecule has 90 valence electrons. The largest absolute Gasteiger partial charge is 0.472 e. The van der Waals surface area contributed by atoms with E-state index in [4.69, 9.17) is 4.42 Å². The van der Waals surface area contributed by atoms with Crippen LogP contribution in [0.2, 0.25) is 0 Å². The van der Waals surface area contributed by atoms with E-state index in [1.807, 2.05) is 25.4 Å². The summed E-state index contributed by atoms with van der Waals surface area (Å²) in [6.07, 6.45) is 5.38. The molecule has 0 aliphatic heterocycles. The summed E-state index contributed by atoms with van der Waals surface area (Å²) in [5, 5.41) is 3.01. The van der Waals surface area contributed by atoms with Crippen LogP contribution in [0.15, 0.2) is 41.3 Å². The van der Waals surface area contributed by atoms with Crippen molar-refractivity contribution in [2.75, 3.05) is 19.4 Å². The molecule has 0 aliphatic rings. The zero-order valence-corrected chi connectivity index (χ0v) is 10.2. The van der Waals surface area contributed by atoms with Crippen molar-refractivity contribution in [1.82, 2.24) is 9.88 Å². The molecule has 0 aromatic carbocycles. The van der Waals surface area contributed by atoms with Crippen LogP contribution in [0, 0.1) is 0 Å². The molecular formula is C13H17N3O. The van der Waals surface area contributed by atoms with E-state index in [9.17, 15) is 0 Å². The second-order valence-corrected chi connectivity index (χ2v) is 4.11. The highest BCUT2D eigenvalue weighted by atomic mass is 16.3. The smallest absolute Gasteiger partial charge is 0.125 e. The second-order valence-electron chi connectivity index (χ2n) is 4.11. The standard InChI is InChI=1S/C13H17N3O/c1-14-13-4-3-11(7-15-13)8-16(2)9-12-5-6-17-10-12/h3-7,10H,8-9H2,1-2H3,(H,14,15). The molecule has 0 amide bonds. The lowest BCUT2D eigenvalue weighted by Gasteiger charge is -2.15. The van der Waals surface area contributed by atoms with Crippen LogP contribution in [-0.2, 0) is 13.1 Å². The van der Waals surface area contributed by atoms with Crippen LogP contribution in [-0.4, -0.2) is 24.0 Å². The Morgan fingerprint density at radius 1 is 1.24 bits per heavy atom. The van der Waals surface area contributed by atoms with E-state index in [0.717, 1.165) is 18.9 Å². The molecule has 4 heteroatoms. The van der Waals surface area contributed by atoms with Crippen molar-refractivity contribution in [2.24, 2.45) is 0 Å². The SMILES string of the molecule is CNc1ccc(CN(C)Cc2ccoc2)cn1. The molecule has 17 heavy (non-hydrogen) atoms. The van der Waals surface area contributed by atoms with E-state index in [1.54, 1.807) is 12.5 Å². The summed E-state index contributed by atoms with van der Waals surface area (Å²) >= 11 is 0. The van der Waals surface area contributed by atoms with Gasteiger partial charge >= 0.3 is 0 Å². The number of nitrogens with one attached hydrogen (secondary N) is 1. The summed E-state index contributed by atoms with van der Waals surface area (Å²) in [6.45, 7) is 1.76. The summed E-state index contributed by atoms with van der Waals surface area (Å²) < 4.78 is 5.05. The third kappa shape index (κ3) is 3.32. The summed E-state index contributed by atoms with van der Waals surface area (Å²) in [7, 11) is 3.95. The number of aromatic nitrogens is 1. The lowest BCUT2D eigenvalue weighted by Crippen LogP contribution is -2.16. The van der Waals surface area contributed by atoms with E-state index >= 15 is 0 Å². The number of pyridine rings is 1. The third-order valence-electron chi connectivity index (χ3n) is 2.57. The van der Waals surface area contributed by atoms with Crippen LogP contribution in [0.5, 0.6) is 0 Å². The molecule has 0 saturated carbocycles. The monoisotopic (exact) mass is 231 g/mol. The molecule has 0 bridgehead atoms. The minimum absolute atomic E-state index is 0.877. The fraction of sp³-hybridized carbons (Fsp3) is 0.308. The molecule has 0 radical (unpaired) electrons. The van der Waals surface area contributed by atoms with Gasteiger partial charge in [-0.25, -0.2) is 4.98 Å². The van der Waals surface area contributed by atoms with E-state index in [2.05, 4.69) is 28.3 Å². The number of rotatable bonds is 5. The summed E-state index contributed by atoms with van der Waals surface area (Å²) in [5.74, 6) is 0.895. The van der Waals surface area contributed by atoms with Crippen molar-refractivity contribution in [2.45, 2.75) is 13.1 Å². The average Bonchev–Trinajstić information content (AvgIpc) is 2.82. The van der Waals surface area contributed by atoms with Gasteiger partial charge in [0, 0.05) is 31.9 Å². The van der Waals surface area contributed by atoms with E-state index in [-0.39, 0.29) is 0 Å². The number of hydrogen-bond acceptors (Lipinski definition) is 4. The first-order valence-corrected chi connectivity index (χ1v) is 5.60. The Labute approximate surface area is 101 Å². The number of hydrogen-bond donors (Lipinski definition) is 1. The zero-order valence-electron chi connectivity index (χ0n) is 10.2. The minimum Gasteiger partial charge on any atom is -0.472 e. The second kappa shape index (κ2) is 5.50. The van der Waals surface area contributed by atoms with Crippen LogP contribution >= 0.6 is 0 Å². The summed E-state index contributed by atoms with van der Waals surface area (Å²) in [4.78, 5) is 6.51. The molecule has 0 spiro atoms. The van der Waals surface area contributed by atoms with Gasteiger partial charge in [0.15, 0.2) is 0 Å². The normalized spacial score (nSPS) is 10.8. The molecule has 0 unspecified atom stereocenters. The van der Waals surface area contributed by atoms with Crippen LogP contribution in [0.25, 0.3) is 0 Å². The van der Waals surface area contributed by atoms with E-state index < -0.39 is 0 Å². The summed E-state index contributed by atoms with van der Waals surface area (Å²) in [6, 6.07) is 6.06. The van der Waals surface area contributed by atoms with Gasteiger partial charge in [-0.1, -0.05) is 6.07 Å². The Balaban J connectivity index is 1.91. The quantitative estimate of drug-likeness (QED) is 0.857. The molecule has 2 aromatic heterocycles. The van der Waals surface area contributed by atoms with Crippen molar-refractivity contribution >= 4 is 5.82 Å². The predicted octanol–water partition coefficient (Wildman–Crippen LogP) is 2.35. The molecule has 4 nitrogen and oxygen atoms in total. The third-order valence-corrected chi connectivity index (χ3v) is 2.57. The van der Waals surface area contributed by atoms with Gasteiger partial charge in [-0.15, -0.1) is 0 Å². The Morgan fingerprint density at radius 3 is 2.65 bits per heavy atom. The molecule has 1 N–H and O–H groups in total. The van der Waals surface area contributed by atoms with Crippen LogP contribution in [0.3, 0.4) is 0 Å². The van der Waals surface area contributed by atoms with Crippen molar-refractivity contribution in [3.05, 3.63) is 48.0 Å². The first-order valence-electron chi connectivity index (χ1n) is 5.60. The lowest BCUT2D eigenvalue weighted by atomic mass is 10.2. The van der Waals surface area contributed by atoms with Crippen molar-refractivity contribution < 1.29 is 4.42 Å². The lowest BCUT2D eigenvalue weighted by molar-refractivity contribution is 0.317. The van der Waals surface area contributed by atoms with Crippen LogP contribution in [0.1, 0.15) is 11.1 Å². The van der Waals surface area contributed by atoms with Gasteiger partial charge in [-0.3, -0.25) is 4.90 Å². The molecule has 0 fully saturated rings. The molecule has 2 rings (SSSR count). The molecule has 0 atom stereocenters. The molecule has 0 saturated heterocycles. The highest BCUT2D eigenvalue weighted by molar-refractivity contribution is 5.34. The maximum absolute atomic E-state index is 5.05. The fourth-order valence-corrected chi connectivity index (χ4v) is 1.73. The molecular weight excluding hydrogens is 214 g/mol. The van der Waals surface area contributed by atoms with Gasteiger partial charge in [-0.2, -0.15) is 0 Å². The van der Waals surface area contributed by atoms with Crippen molar-refractivity contribution in [1.29, 1.82) is 0 Å². The Kier molecular flexibility index (Phi) is 3.77. The van der Waals surface area contributed by atoms with Gasteiger partial charge in [0.05, 0.1) is 12.5 Å². The maximum Gasteiger partial charge on any atom is 0.125 e. The predicted molar refractivity (Wildman–Crippen MR) is 67.7 cm³/mol. The highest BCUT2D eigenvalue weighted by Crippen LogP contribution is 2.09. The van der Waals surface area contributed by atoms with Crippen molar-refractivity contribution in [3.8, 4) is 0 Å². The van der Waals surface area contributed by atoms with E-state index in [0.29, 0.717) is 0 Å². The number of furan rings is 1. The highest BCUT2D eigenvalue weighted by Gasteiger charge is 2.03. The molecule has 0 aliphatic carbocycles. The Bertz CT molecular complexity index is 436. The Morgan fingerprint density at radius 2 is 2.06 bits per heavy atom. The van der Waals surface area contributed by atoms with Crippen LogP contribution in [0.4, 0.5) is 5.82 Å². The first-order chi connectivity index (χ1) is 8.28. The van der Waals surface area contributed by atoms with Crippen molar-refractivity contribution in [3.63, 3.8) is 0 Å². The molecule has 2 heterocycles. The van der Waals surface area contributed by atoms with Gasteiger partial charge in [0.25, 0.3) is 0 Å². The first kappa shape index (κ1) is 11.7. The fourth-order valence-electron chi connectivity index (χ4n) is 1.73. The topological polar surface area (TPSA) is 41.3 Å². The summed E-state index contributed by atoms with van der Waals surface area (Å²) in [5.41, 5.74) is 2.39. The average molecular weight is 231 g/mol. The van der Waals surface area contributed by atoms with Gasteiger partial charge in [0.1, 0.15) is 5.82 Å². The van der Waals surface area contributed by atoms with Gasteiger partial charge < -0.3 is 9.73 Å². The van der Waals surface area contributed by atoms with Crippen LogP contribution < -0.4 is 5.32 Å². The molecule has 2 aromatic rings. The zero-order chi connectivity index (χ0) is 12.1. The number of nitrogens with zero attached hydrogens (tertiary/aromatic N) is 2. The van der Waals surface area contributed by atoms with Gasteiger partial charge in [-0.05, 0) is 24.7 Å². The maximum atomic E-state index is 5.05. The van der Waals surface area contributed by atoms with E-state index in [1.165, 1.54) is 11.1 Å². The minimum atomic E-state index is 0.877. The number of anilines is 1.